The fourth-order valence-corrected chi connectivity index (χ4v) is 3.09. The summed E-state index contributed by atoms with van der Waals surface area (Å²) in [6.45, 7) is 1.97. The van der Waals surface area contributed by atoms with Gasteiger partial charge in [-0.25, -0.2) is 4.98 Å². The molecule has 116 valence electrons. The summed E-state index contributed by atoms with van der Waals surface area (Å²) in [6, 6.07) is 8.22. The smallest absolute Gasteiger partial charge is 0.251 e. The summed E-state index contributed by atoms with van der Waals surface area (Å²) in [5.74, 6) is 1.01. The largest absolute Gasteiger partial charge is 0.355 e. The summed E-state index contributed by atoms with van der Waals surface area (Å²) in [5, 5.41) is 2.65. The Labute approximate surface area is 130 Å². The number of H-pyrrole nitrogens is 1. The van der Waals surface area contributed by atoms with Crippen LogP contribution in [0.1, 0.15) is 47.1 Å². The van der Waals surface area contributed by atoms with E-state index in [-0.39, 0.29) is 5.91 Å². The van der Waals surface area contributed by atoms with Crippen LogP contribution in [-0.4, -0.2) is 34.4 Å². The molecule has 2 aromatic rings. The summed E-state index contributed by atoms with van der Waals surface area (Å²) in [7, 11) is 1.65. The molecule has 0 spiro atoms. The van der Waals surface area contributed by atoms with Gasteiger partial charge in [-0.1, -0.05) is 18.6 Å². The van der Waals surface area contributed by atoms with Gasteiger partial charge in [0, 0.05) is 31.5 Å². The van der Waals surface area contributed by atoms with Crippen molar-refractivity contribution in [2.75, 3.05) is 13.6 Å². The van der Waals surface area contributed by atoms with Crippen molar-refractivity contribution in [3.05, 3.63) is 53.6 Å². The van der Waals surface area contributed by atoms with E-state index in [0.717, 1.165) is 25.3 Å². The summed E-state index contributed by atoms with van der Waals surface area (Å²) >= 11 is 0. The van der Waals surface area contributed by atoms with Crippen molar-refractivity contribution in [3.8, 4) is 0 Å². The first-order valence-corrected chi connectivity index (χ1v) is 7.82. The molecule has 1 atom stereocenters. The van der Waals surface area contributed by atoms with Gasteiger partial charge in [-0.05, 0) is 37.1 Å². The average Bonchev–Trinajstić information content (AvgIpc) is 3.10. The van der Waals surface area contributed by atoms with Crippen molar-refractivity contribution in [2.45, 2.75) is 31.8 Å². The fourth-order valence-electron chi connectivity index (χ4n) is 3.09. The second kappa shape index (κ2) is 6.75. The maximum Gasteiger partial charge on any atom is 0.251 e. The van der Waals surface area contributed by atoms with E-state index < -0.39 is 0 Å². The van der Waals surface area contributed by atoms with Gasteiger partial charge in [0.05, 0.1) is 6.04 Å². The van der Waals surface area contributed by atoms with Gasteiger partial charge >= 0.3 is 0 Å². The van der Waals surface area contributed by atoms with Crippen LogP contribution in [0.25, 0.3) is 0 Å². The molecule has 0 unspecified atom stereocenters. The predicted molar refractivity (Wildman–Crippen MR) is 85.4 cm³/mol. The molecule has 0 bridgehead atoms. The maximum absolute atomic E-state index is 11.6. The van der Waals surface area contributed by atoms with Gasteiger partial charge < -0.3 is 10.3 Å². The zero-order valence-corrected chi connectivity index (χ0v) is 12.9. The molecule has 1 aromatic heterocycles. The highest BCUT2D eigenvalue weighted by atomic mass is 16.1. The maximum atomic E-state index is 11.6. The first-order chi connectivity index (χ1) is 10.8. The van der Waals surface area contributed by atoms with Gasteiger partial charge in [-0.15, -0.1) is 0 Å². The summed E-state index contributed by atoms with van der Waals surface area (Å²) < 4.78 is 0. The van der Waals surface area contributed by atoms with Crippen LogP contribution in [0.3, 0.4) is 0 Å². The molecule has 2 N–H and O–H groups in total. The Kier molecular flexibility index (Phi) is 4.53. The summed E-state index contributed by atoms with van der Waals surface area (Å²) in [5.41, 5.74) is 1.93. The second-order valence-electron chi connectivity index (χ2n) is 5.73. The number of nitrogens with zero attached hydrogens (tertiary/aromatic N) is 2. The van der Waals surface area contributed by atoms with E-state index in [1.165, 1.54) is 18.4 Å². The van der Waals surface area contributed by atoms with Crippen LogP contribution in [0.5, 0.6) is 0 Å². The van der Waals surface area contributed by atoms with Crippen LogP contribution >= 0.6 is 0 Å². The van der Waals surface area contributed by atoms with E-state index in [4.69, 9.17) is 0 Å². The molecule has 3 rings (SSSR count). The normalized spacial score (nSPS) is 19.0. The Morgan fingerprint density at radius 3 is 2.86 bits per heavy atom. The number of likely N-dealkylation sites (tertiary alicyclic amines) is 1. The van der Waals surface area contributed by atoms with Gasteiger partial charge in [0.1, 0.15) is 5.82 Å². The SMILES string of the molecule is CNC(=O)c1ccc(CN2CCCC[C@@H]2c2ncc[nH]2)cc1. The van der Waals surface area contributed by atoms with Crippen LogP contribution in [0.15, 0.2) is 36.7 Å². The van der Waals surface area contributed by atoms with E-state index >= 15 is 0 Å². The summed E-state index contributed by atoms with van der Waals surface area (Å²) in [4.78, 5) is 21.7. The van der Waals surface area contributed by atoms with Crippen molar-refractivity contribution in [3.63, 3.8) is 0 Å². The van der Waals surface area contributed by atoms with E-state index in [1.54, 1.807) is 7.05 Å². The lowest BCUT2D eigenvalue weighted by Gasteiger charge is -2.34. The average molecular weight is 298 g/mol. The Hall–Kier alpha value is -2.14. The number of benzene rings is 1. The topological polar surface area (TPSA) is 61.0 Å². The van der Waals surface area contributed by atoms with Crippen molar-refractivity contribution >= 4 is 5.91 Å². The lowest BCUT2D eigenvalue weighted by molar-refractivity contribution is 0.0963. The third-order valence-electron chi connectivity index (χ3n) is 4.28. The number of hydrogen-bond acceptors (Lipinski definition) is 3. The number of carbonyl (C=O) groups is 1. The van der Waals surface area contributed by atoms with Gasteiger partial charge in [-0.2, -0.15) is 0 Å². The van der Waals surface area contributed by atoms with Crippen molar-refractivity contribution in [2.24, 2.45) is 0 Å². The third kappa shape index (κ3) is 3.20. The van der Waals surface area contributed by atoms with Gasteiger partial charge in [0.15, 0.2) is 0 Å². The number of hydrogen-bond donors (Lipinski definition) is 2. The van der Waals surface area contributed by atoms with E-state index in [2.05, 4.69) is 20.2 Å². The molecule has 1 amide bonds. The number of aromatic amines is 1. The van der Waals surface area contributed by atoms with Gasteiger partial charge in [0.25, 0.3) is 5.91 Å². The zero-order chi connectivity index (χ0) is 15.4. The minimum Gasteiger partial charge on any atom is -0.355 e. The molecule has 2 heterocycles. The molecule has 0 aliphatic carbocycles. The Balaban J connectivity index is 1.71. The number of rotatable bonds is 4. The highest BCUT2D eigenvalue weighted by Crippen LogP contribution is 2.30. The Morgan fingerprint density at radius 2 is 2.18 bits per heavy atom. The van der Waals surface area contributed by atoms with Crippen LogP contribution in [0.2, 0.25) is 0 Å². The highest BCUT2D eigenvalue weighted by Gasteiger charge is 2.25. The second-order valence-corrected chi connectivity index (χ2v) is 5.73. The quantitative estimate of drug-likeness (QED) is 0.911. The lowest BCUT2D eigenvalue weighted by atomic mass is 10.0. The lowest BCUT2D eigenvalue weighted by Crippen LogP contribution is -2.33. The van der Waals surface area contributed by atoms with Crippen LogP contribution < -0.4 is 5.32 Å². The minimum atomic E-state index is -0.0435. The van der Waals surface area contributed by atoms with Gasteiger partial charge in [-0.3, -0.25) is 9.69 Å². The van der Waals surface area contributed by atoms with E-state index in [0.29, 0.717) is 11.6 Å². The monoisotopic (exact) mass is 298 g/mol. The van der Waals surface area contributed by atoms with Crippen molar-refractivity contribution in [1.82, 2.24) is 20.2 Å². The number of carbonyl (C=O) groups excluding carboxylic acids is 1. The first-order valence-electron chi connectivity index (χ1n) is 7.82. The molecule has 5 nitrogen and oxygen atoms in total. The summed E-state index contributed by atoms with van der Waals surface area (Å²) in [6.07, 6.45) is 7.33. The number of nitrogens with one attached hydrogen (secondary N) is 2. The minimum absolute atomic E-state index is 0.0435. The third-order valence-corrected chi connectivity index (χ3v) is 4.28. The molecule has 5 heteroatoms. The fraction of sp³-hybridized carbons (Fsp3) is 0.412. The van der Waals surface area contributed by atoms with Gasteiger partial charge in [0.2, 0.25) is 0 Å². The number of amides is 1. The number of piperidine rings is 1. The number of aromatic nitrogens is 2. The van der Waals surface area contributed by atoms with E-state index in [9.17, 15) is 4.79 Å². The highest BCUT2D eigenvalue weighted by molar-refractivity contribution is 5.93. The standard InChI is InChI=1S/C17H22N4O/c1-18-17(22)14-7-5-13(6-8-14)12-21-11-3-2-4-15(21)16-19-9-10-20-16/h5-10,15H,2-4,11-12H2,1H3,(H,18,22)(H,19,20)/t15-/m1/s1. The van der Waals surface area contributed by atoms with E-state index in [1.807, 2.05) is 36.7 Å². The van der Waals surface area contributed by atoms with Crippen LogP contribution in [-0.2, 0) is 6.54 Å². The predicted octanol–water partition coefficient (Wildman–Crippen LogP) is 2.50. The molecular formula is C17H22N4O. The van der Waals surface area contributed by atoms with Crippen LogP contribution in [0.4, 0.5) is 0 Å². The molecule has 1 aromatic carbocycles. The molecule has 0 radical (unpaired) electrons. The molecular weight excluding hydrogens is 276 g/mol. The Morgan fingerprint density at radius 1 is 1.36 bits per heavy atom. The molecule has 22 heavy (non-hydrogen) atoms. The first kappa shape index (κ1) is 14.8. The van der Waals surface area contributed by atoms with Crippen LogP contribution in [0, 0.1) is 0 Å². The molecule has 1 fully saturated rings. The molecule has 0 saturated carbocycles. The Bertz CT molecular complexity index is 606. The van der Waals surface area contributed by atoms with Crippen molar-refractivity contribution < 1.29 is 4.79 Å². The molecule has 1 aliphatic heterocycles. The van der Waals surface area contributed by atoms with Crippen molar-refractivity contribution in [1.29, 1.82) is 0 Å². The number of imidazole rings is 1. The molecule has 1 aliphatic rings. The molecule has 1 saturated heterocycles. The zero-order valence-electron chi connectivity index (χ0n) is 12.9.